The number of carbonyl (C=O) groups excluding carboxylic acids is 1. The Morgan fingerprint density at radius 1 is 0.938 bits per heavy atom. The number of hydrogen-bond acceptors (Lipinski definition) is 3. The van der Waals surface area contributed by atoms with E-state index in [1.807, 2.05) is 0 Å². The van der Waals surface area contributed by atoms with Crippen LogP contribution in [0.1, 0.15) is 41.7 Å². The molecule has 0 aliphatic heterocycles. The molecule has 4 nitrogen and oxygen atoms in total. The number of pyridine rings is 1. The lowest BCUT2D eigenvalue weighted by Crippen LogP contribution is -2.41. The van der Waals surface area contributed by atoms with Crippen molar-refractivity contribution in [3.8, 4) is 0 Å². The van der Waals surface area contributed by atoms with Crippen LogP contribution in [0, 0.1) is 11.6 Å². The van der Waals surface area contributed by atoms with Gasteiger partial charge in [0.1, 0.15) is 17.3 Å². The summed E-state index contributed by atoms with van der Waals surface area (Å²) in [6.07, 6.45) is -2.02. The van der Waals surface area contributed by atoms with E-state index in [0.29, 0.717) is 24.8 Å². The molecule has 0 saturated heterocycles. The maximum Gasteiger partial charge on any atom is 0.433 e. The van der Waals surface area contributed by atoms with Gasteiger partial charge in [0.05, 0.1) is 5.52 Å². The van der Waals surface area contributed by atoms with Crippen LogP contribution in [0.4, 0.5) is 27.6 Å². The van der Waals surface area contributed by atoms with Crippen LogP contribution in [0.25, 0.3) is 10.9 Å². The summed E-state index contributed by atoms with van der Waals surface area (Å²) in [6.45, 7) is 0. The third-order valence-corrected chi connectivity index (χ3v) is 5.54. The van der Waals surface area contributed by atoms with Crippen LogP contribution in [-0.2, 0) is 6.18 Å². The van der Waals surface area contributed by atoms with Crippen molar-refractivity contribution in [2.75, 3.05) is 5.32 Å². The van der Waals surface area contributed by atoms with Gasteiger partial charge in [0.2, 0.25) is 0 Å². The van der Waals surface area contributed by atoms with E-state index >= 15 is 0 Å². The minimum absolute atomic E-state index is 0.0423. The van der Waals surface area contributed by atoms with Gasteiger partial charge < -0.3 is 10.6 Å². The summed E-state index contributed by atoms with van der Waals surface area (Å²) in [5, 5.41) is 6.26. The summed E-state index contributed by atoms with van der Waals surface area (Å²) < 4.78 is 66.8. The third-order valence-electron chi connectivity index (χ3n) is 5.54. The summed E-state index contributed by atoms with van der Waals surface area (Å²) in [7, 11) is 0. The van der Waals surface area contributed by atoms with Crippen molar-refractivity contribution in [3.63, 3.8) is 0 Å². The quantitative estimate of drug-likeness (QED) is 0.504. The molecule has 2 atom stereocenters. The van der Waals surface area contributed by atoms with E-state index in [2.05, 4.69) is 15.6 Å². The molecular weight excluding hydrogens is 429 g/mol. The van der Waals surface area contributed by atoms with E-state index in [-0.39, 0.29) is 34.6 Å². The number of fused-ring (bicyclic) bond motifs is 1. The highest BCUT2D eigenvalue weighted by molar-refractivity contribution is 5.94. The Morgan fingerprint density at radius 2 is 1.62 bits per heavy atom. The van der Waals surface area contributed by atoms with E-state index in [4.69, 9.17) is 0 Å². The van der Waals surface area contributed by atoms with E-state index in [9.17, 15) is 26.7 Å². The minimum Gasteiger partial charge on any atom is -0.382 e. The maximum absolute atomic E-state index is 13.8. The average Bonchev–Trinajstić information content (AvgIpc) is 2.74. The lowest BCUT2D eigenvalue weighted by atomic mass is 9.90. The van der Waals surface area contributed by atoms with Gasteiger partial charge in [-0.15, -0.1) is 0 Å². The molecule has 32 heavy (non-hydrogen) atoms. The number of carbonyl (C=O) groups is 1. The molecule has 168 valence electrons. The van der Waals surface area contributed by atoms with Crippen molar-refractivity contribution in [1.29, 1.82) is 0 Å². The second-order valence-electron chi connectivity index (χ2n) is 7.90. The van der Waals surface area contributed by atoms with Crippen molar-refractivity contribution >= 4 is 22.5 Å². The first-order chi connectivity index (χ1) is 15.2. The molecule has 4 rings (SSSR count). The number of nitrogens with zero attached hydrogens (tertiary/aromatic N) is 1. The molecule has 9 heteroatoms. The first kappa shape index (κ1) is 22.0. The van der Waals surface area contributed by atoms with Crippen LogP contribution in [0.3, 0.4) is 0 Å². The number of aromatic nitrogens is 1. The highest BCUT2D eigenvalue weighted by Gasteiger charge is 2.34. The predicted octanol–water partition coefficient (Wildman–Crippen LogP) is 5.68. The Bertz CT molecular complexity index is 1130. The van der Waals surface area contributed by atoms with Crippen molar-refractivity contribution in [3.05, 3.63) is 71.4 Å². The second kappa shape index (κ2) is 8.72. The molecule has 0 radical (unpaired) electrons. The monoisotopic (exact) mass is 449 g/mol. The fraction of sp³-hybridized carbons (Fsp3) is 0.304. The summed E-state index contributed by atoms with van der Waals surface area (Å²) >= 11 is 0. The first-order valence-corrected chi connectivity index (χ1v) is 10.2. The molecule has 1 amide bonds. The summed E-state index contributed by atoms with van der Waals surface area (Å²) in [5.41, 5.74) is -0.541. The summed E-state index contributed by atoms with van der Waals surface area (Å²) in [5.74, 6) is -1.36. The van der Waals surface area contributed by atoms with Gasteiger partial charge in [-0.3, -0.25) is 4.79 Å². The van der Waals surface area contributed by atoms with E-state index in [1.165, 1.54) is 30.3 Å². The largest absolute Gasteiger partial charge is 0.433 e. The normalized spacial score (nSPS) is 19.0. The lowest BCUT2D eigenvalue weighted by molar-refractivity contribution is -0.140. The Hall–Kier alpha value is -3.23. The zero-order chi connectivity index (χ0) is 22.9. The third kappa shape index (κ3) is 4.98. The van der Waals surface area contributed by atoms with Crippen LogP contribution in [0.15, 0.2) is 48.5 Å². The fourth-order valence-corrected chi connectivity index (χ4v) is 4.00. The SMILES string of the molecule is O=C(N[C@@H]1CCC[C@H](Nc2cc(C(F)(F)F)nc3ccc(F)cc23)C1)c1ccc(F)cc1. The Labute approximate surface area is 180 Å². The van der Waals surface area contributed by atoms with Gasteiger partial charge >= 0.3 is 6.18 Å². The van der Waals surface area contributed by atoms with Gasteiger partial charge in [-0.25, -0.2) is 13.8 Å². The van der Waals surface area contributed by atoms with E-state index in [0.717, 1.165) is 24.6 Å². The lowest BCUT2D eigenvalue weighted by Gasteiger charge is -2.31. The molecule has 0 unspecified atom stereocenters. The Balaban J connectivity index is 1.52. The molecule has 2 N–H and O–H groups in total. The molecule has 3 aromatic rings. The maximum atomic E-state index is 13.8. The zero-order valence-electron chi connectivity index (χ0n) is 16.8. The number of anilines is 1. The average molecular weight is 449 g/mol. The van der Waals surface area contributed by atoms with Gasteiger partial charge in [0, 0.05) is 28.7 Å². The van der Waals surface area contributed by atoms with Crippen molar-refractivity contribution < 1.29 is 26.7 Å². The van der Waals surface area contributed by atoms with Crippen LogP contribution in [-0.4, -0.2) is 23.0 Å². The molecule has 0 spiro atoms. The Kier molecular flexibility index (Phi) is 5.99. The van der Waals surface area contributed by atoms with Crippen LogP contribution in [0.2, 0.25) is 0 Å². The topological polar surface area (TPSA) is 54.0 Å². The molecule has 1 aliphatic rings. The molecule has 0 bridgehead atoms. The fourth-order valence-electron chi connectivity index (χ4n) is 4.00. The van der Waals surface area contributed by atoms with Gasteiger partial charge in [-0.05, 0) is 74.2 Å². The van der Waals surface area contributed by atoms with Gasteiger partial charge in [0.25, 0.3) is 5.91 Å². The molecule has 1 heterocycles. The molecular formula is C23H20F5N3O. The smallest absolute Gasteiger partial charge is 0.382 e. The number of amides is 1. The molecule has 1 saturated carbocycles. The molecule has 1 aliphatic carbocycles. The standard InChI is InChI=1S/C23H20F5N3O/c24-14-6-4-13(5-7-14)22(32)30-17-3-1-2-16(11-17)29-20-12-21(23(26,27)28)31-19-9-8-15(25)10-18(19)20/h4-10,12,16-17H,1-3,11H2,(H,29,31)(H,30,32)/t16-,17+/m0/s1. The van der Waals surface area contributed by atoms with Crippen molar-refractivity contribution in [1.82, 2.24) is 10.3 Å². The van der Waals surface area contributed by atoms with E-state index in [1.54, 1.807) is 0 Å². The summed E-state index contributed by atoms with van der Waals surface area (Å²) in [6, 6.07) is 9.09. The Morgan fingerprint density at radius 3 is 2.34 bits per heavy atom. The zero-order valence-corrected chi connectivity index (χ0v) is 16.8. The summed E-state index contributed by atoms with van der Waals surface area (Å²) in [4.78, 5) is 16.0. The van der Waals surface area contributed by atoms with Crippen molar-refractivity contribution in [2.24, 2.45) is 0 Å². The number of benzene rings is 2. The van der Waals surface area contributed by atoms with Crippen molar-refractivity contribution in [2.45, 2.75) is 43.9 Å². The minimum atomic E-state index is -4.64. The number of halogens is 5. The second-order valence-corrected chi connectivity index (χ2v) is 7.90. The van der Waals surface area contributed by atoms with Gasteiger partial charge in [0.15, 0.2) is 0 Å². The highest BCUT2D eigenvalue weighted by Crippen LogP contribution is 2.34. The molecule has 1 aromatic heterocycles. The number of hydrogen-bond donors (Lipinski definition) is 2. The number of nitrogens with one attached hydrogen (secondary N) is 2. The van der Waals surface area contributed by atoms with Crippen LogP contribution >= 0.6 is 0 Å². The van der Waals surface area contributed by atoms with Crippen LogP contribution in [0.5, 0.6) is 0 Å². The van der Waals surface area contributed by atoms with E-state index < -0.39 is 23.5 Å². The number of rotatable bonds is 4. The first-order valence-electron chi connectivity index (χ1n) is 10.2. The molecule has 1 fully saturated rings. The molecule has 2 aromatic carbocycles. The van der Waals surface area contributed by atoms with Gasteiger partial charge in [-0.2, -0.15) is 13.2 Å². The predicted molar refractivity (Wildman–Crippen MR) is 110 cm³/mol. The van der Waals surface area contributed by atoms with Gasteiger partial charge in [-0.1, -0.05) is 0 Å². The highest BCUT2D eigenvalue weighted by atomic mass is 19.4. The van der Waals surface area contributed by atoms with Crippen LogP contribution < -0.4 is 10.6 Å². The number of alkyl halides is 3.